The van der Waals surface area contributed by atoms with E-state index in [9.17, 15) is 18.0 Å². The summed E-state index contributed by atoms with van der Waals surface area (Å²) in [4.78, 5) is 20.2. The topological polar surface area (TPSA) is 36.4 Å². The normalized spacial score (nSPS) is 23.6. The number of benzene rings is 1. The maximum absolute atomic E-state index is 14.2. The Morgan fingerprint density at radius 2 is 1.86 bits per heavy atom. The second kappa shape index (κ2) is 6.50. The molecule has 148 valence electrons. The molecule has 4 rings (SSSR count). The van der Waals surface area contributed by atoms with E-state index >= 15 is 0 Å². The summed E-state index contributed by atoms with van der Waals surface area (Å²) in [5.74, 6) is -2.88. The first-order valence-electron chi connectivity index (χ1n) is 9.38. The van der Waals surface area contributed by atoms with E-state index < -0.39 is 28.6 Å². The number of likely N-dealkylation sites (tertiary alicyclic amines) is 1. The smallest absolute Gasteiger partial charge is 0.260 e. The van der Waals surface area contributed by atoms with Crippen LogP contribution in [0.2, 0.25) is 0 Å². The van der Waals surface area contributed by atoms with Crippen LogP contribution in [-0.2, 0) is 0 Å². The molecule has 2 aromatic rings. The number of amides is 1. The predicted molar refractivity (Wildman–Crippen MR) is 99.6 cm³/mol. The molecule has 1 unspecified atom stereocenters. The lowest BCUT2D eigenvalue weighted by Gasteiger charge is -2.35. The van der Waals surface area contributed by atoms with Crippen molar-refractivity contribution in [1.82, 2.24) is 9.88 Å². The first-order chi connectivity index (χ1) is 13.2. The molecule has 0 N–H and O–H groups in total. The Hall–Kier alpha value is -2.57. The minimum absolute atomic E-state index is 0.325. The zero-order valence-corrected chi connectivity index (χ0v) is 15.9. The van der Waals surface area contributed by atoms with Gasteiger partial charge >= 0.3 is 0 Å². The van der Waals surface area contributed by atoms with Crippen LogP contribution in [0.1, 0.15) is 43.5 Å². The molecule has 1 aromatic heterocycles. The van der Waals surface area contributed by atoms with Crippen molar-refractivity contribution in [3.05, 3.63) is 59.7 Å². The summed E-state index contributed by atoms with van der Waals surface area (Å²) in [6, 6.07) is 6.37. The molecule has 7 heteroatoms. The molecule has 1 aromatic carbocycles. The Labute approximate surface area is 162 Å². The van der Waals surface area contributed by atoms with Crippen molar-refractivity contribution in [3.63, 3.8) is 0 Å². The Morgan fingerprint density at radius 3 is 2.54 bits per heavy atom. The number of nitrogens with zero attached hydrogens (tertiary/aromatic N) is 3. The third-order valence-electron chi connectivity index (χ3n) is 5.97. The molecule has 2 aliphatic heterocycles. The maximum atomic E-state index is 14.2. The molecule has 0 bridgehead atoms. The Balaban J connectivity index is 1.70. The van der Waals surface area contributed by atoms with Crippen molar-refractivity contribution in [2.75, 3.05) is 18.0 Å². The van der Waals surface area contributed by atoms with Crippen molar-refractivity contribution in [3.8, 4) is 0 Å². The lowest BCUT2D eigenvalue weighted by atomic mass is 9.87. The molecule has 1 amide bonds. The second-order valence-electron chi connectivity index (χ2n) is 8.32. The quantitative estimate of drug-likeness (QED) is 0.774. The van der Waals surface area contributed by atoms with Gasteiger partial charge in [-0.25, -0.2) is 13.2 Å². The van der Waals surface area contributed by atoms with Gasteiger partial charge in [0.1, 0.15) is 11.4 Å². The largest absolute Gasteiger partial charge is 0.364 e. The molecule has 0 aliphatic carbocycles. The van der Waals surface area contributed by atoms with Crippen LogP contribution in [-0.4, -0.2) is 40.0 Å². The molecule has 2 fully saturated rings. The zero-order chi connectivity index (χ0) is 20.1. The third-order valence-corrected chi connectivity index (χ3v) is 5.97. The molecule has 0 radical (unpaired) electrons. The average Bonchev–Trinajstić information content (AvgIpc) is 3.14. The molecular weight excluding hydrogens is 367 g/mol. The zero-order valence-electron chi connectivity index (χ0n) is 15.9. The molecule has 3 heterocycles. The van der Waals surface area contributed by atoms with Gasteiger partial charge in [0.05, 0.1) is 17.9 Å². The number of rotatable bonds is 2. The summed E-state index contributed by atoms with van der Waals surface area (Å²) in [6.45, 7) is 5.01. The highest BCUT2D eigenvalue weighted by Gasteiger charge is 2.55. The highest BCUT2D eigenvalue weighted by molar-refractivity contribution is 5.95. The van der Waals surface area contributed by atoms with Gasteiger partial charge < -0.3 is 9.80 Å². The van der Waals surface area contributed by atoms with Crippen LogP contribution < -0.4 is 4.90 Å². The number of carbonyl (C=O) groups is 1. The van der Waals surface area contributed by atoms with Crippen molar-refractivity contribution in [2.24, 2.45) is 0 Å². The van der Waals surface area contributed by atoms with E-state index in [2.05, 4.69) is 9.88 Å². The van der Waals surface area contributed by atoms with Gasteiger partial charge in [0, 0.05) is 24.3 Å². The Bertz CT molecular complexity index is 913. The number of anilines is 1. The van der Waals surface area contributed by atoms with Crippen LogP contribution in [0.15, 0.2) is 36.7 Å². The fourth-order valence-corrected chi connectivity index (χ4v) is 4.90. The molecule has 4 nitrogen and oxygen atoms in total. The van der Waals surface area contributed by atoms with Crippen molar-refractivity contribution in [1.29, 1.82) is 0 Å². The summed E-state index contributed by atoms with van der Waals surface area (Å²) < 4.78 is 42.1. The second-order valence-corrected chi connectivity index (χ2v) is 8.32. The lowest BCUT2D eigenvalue weighted by Crippen LogP contribution is -2.49. The van der Waals surface area contributed by atoms with Crippen LogP contribution in [0.5, 0.6) is 0 Å². The molecule has 2 aliphatic rings. The average molecular weight is 389 g/mol. The van der Waals surface area contributed by atoms with Gasteiger partial charge in [-0.15, -0.1) is 0 Å². The summed E-state index contributed by atoms with van der Waals surface area (Å²) in [5, 5.41) is 0. The van der Waals surface area contributed by atoms with Gasteiger partial charge in [-0.05, 0) is 51.3 Å². The van der Waals surface area contributed by atoms with Gasteiger partial charge in [-0.2, -0.15) is 0 Å². The standard InChI is InChI=1S/C21H22F3N3O/c1-20(2)12-21(13-27(20)15-6-3-5-14(22)9-15)7-4-8-26(21)19(28)18-16(23)10-25-11-17(18)24/h3,5-6,9-11H,4,7-8,12-13H2,1-2H3. The van der Waals surface area contributed by atoms with E-state index in [0.29, 0.717) is 19.5 Å². The van der Waals surface area contributed by atoms with Crippen LogP contribution in [0.3, 0.4) is 0 Å². The van der Waals surface area contributed by atoms with Gasteiger partial charge in [-0.1, -0.05) is 6.07 Å². The van der Waals surface area contributed by atoms with Crippen LogP contribution in [0.25, 0.3) is 0 Å². The highest BCUT2D eigenvalue weighted by Crippen LogP contribution is 2.47. The summed E-state index contributed by atoms with van der Waals surface area (Å²) in [7, 11) is 0. The van der Waals surface area contributed by atoms with E-state index in [4.69, 9.17) is 0 Å². The monoisotopic (exact) mass is 389 g/mol. The van der Waals surface area contributed by atoms with Crippen LogP contribution in [0.4, 0.5) is 18.9 Å². The van der Waals surface area contributed by atoms with Crippen LogP contribution >= 0.6 is 0 Å². The molecular formula is C21H22F3N3O. The van der Waals surface area contributed by atoms with Gasteiger partial charge in [-0.3, -0.25) is 9.78 Å². The number of pyridine rings is 1. The van der Waals surface area contributed by atoms with E-state index in [1.807, 2.05) is 19.9 Å². The fraction of sp³-hybridized carbons (Fsp3) is 0.429. The lowest BCUT2D eigenvalue weighted by molar-refractivity contribution is 0.0607. The number of hydrogen-bond donors (Lipinski definition) is 0. The Morgan fingerprint density at radius 1 is 1.14 bits per heavy atom. The van der Waals surface area contributed by atoms with E-state index in [1.54, 1.807) is 11.0 Å². The first kappa shape index (κ1) is 18.8. The maximum Gasteiger partial charge on any atom is 0.260 e. The summed E-state index contributed by atoms with van der Waals surface area (Å²) >= 11 is 0. The number of halogens is 3. The molecule has 1 atom stereocenters. The third kappa shape index (κ3) is 2.93. The van der Waals surface area contributed by atoms with Gasteiger partial charge in [0.2, 0.25) is 0 Å². The van der Waals surface area contributed by atoms with Crippen molar-refractivity contribution >= 4 is 11.6 Å². The van der Waals surface area contributed by atoms with Crippen molar-refractivity contribution in [2.45, 2.75) is 44.2 Å². The number of aromatic nitrogens is 1. The molecule has 1 spiro atoms. The van der Waals surface area contributed by atoms with Gasteiger partial charge in [0.15, 0.2) is 11.6 Å². The van der Waals surface area contributed by atoms with E-state index in [-0.39, 0.29) is 11.4 Å². The van der Waals surface area contributed by atoms with E-state index in [0.717, 1.165) is 30.9 Å². The number of hydrogen-bond acceptors (Lipinski definition) is 3. The predicted octanol–water partition coefficient (Wildman–Crippen LogP) is 4.16. The molecule has 2 saturated heterocycles. The SMILES string of the molecule is CC1(C)CC2(CCCN2C(=O)c2c(F)cncc2F)CN1c1cccc(F)c1. The highest BCUT2D eigenvalue weighted by atomic mass is 19.1. The minimum Gasteiger partial charge on any atom is -0.364 e. The first-order valence-corrected chi connectivity index (χ1v) is 9.38. The van der Waals surface area contributed by atoms with Crippen LogP contribution in [0, 0.1) is 17.5 Å². The summed E-state index contributed by atoms with van der Waals surface area (Å²) in [6.07, 6.45) is 3.85. The fourth-order valence-electron chi connectivity index (χ4n) is 4.90. The minimum atomic E-state index is -0.953. The van der Waals surface area contributed by atoms with Crippen molar-refractivity contribution < 1.29 is 18.0 Å². The molecule has 0 saturated carbocycles. The van der Waals surface area contributed by atoms with Gasteiger partial charge in [0.25, 0.3) is 5.91 Å². The van der Waals surface area contributed by atoms with E-state index in [1.165, 1.54) is 12.1 Å². The molecule has 28 heavy (non-hydrogen) atoms. The Kier molecular flexibility index (Phi) is 4.36. The summed E-state index contributed by atoms with van der Waals surface area (Å²) in [5.41, 5.74) is -0.707. The number of carbonyl (C=O) groups excluding carboxylic acids is 1.